The van der Waals surface area contributed by atoms with E-state index in [1.165, 1.54) is 0 Å². The van der Waals surface area contributed by atoms with E-state index >= 15 is 0 Å². The third-order valence-corrected chi connectivity index (χ3v) is 1.73. The first-order valence-corrected chi connectivity index (χ1v) is 4.11. The summed E-state index contributed by atoms with van der Waals surface area (Å²) >= 11 is 0. The van der Waals surface area contributed by atoms with Gasteiger partial charge in [0.1, 0.15) is 0 Å². The van der Waals surface area contributed by atoms with Crippen LogP contribution in [0.5, 0.6) is 5.88 Å². The van der Waals surface area contributed by atoms with Crippen LogP contribution in [0.2, 0.25) is 0 Å². The lowest BCUT2D eigenvalue weighted by Gasteiger charge is -2.05. The number of hydrogen-bond acceptors (Lipinski definition) is 2. The van der Waals surface area contributed by atoms with Crippen LogP contribution in [0, 0.1) is 0 Å². The molecule has 2 nitrogen and oxygen atoms in total. The van der Waals surface area contributed by atoms with Crippen molar-refractivity contribution in [2.45, 2.75) is 6.92 Å². The maximum absolute atomic E-state index is 5.11. The molecule has 1 heterocycles. The molecule has 0 fully saturated rings. The van der Waals surface area contributed by atoms with Gasteiger partial charge in [0.05, 0.1) is 7.11 Å². The molecule has 0 N–H and O–H groups in total. The average Bonchev–Trinajstić information content (AvgIpc) is 2.18. The lowest BCUT2D eigenvalue weighted by molar-refractivity contribution is 0.397. The van der Waals surface area contributed by atoms with Gasteiger partial charge >= 0.3 is 0 Å². The second-order valence-electron chi connectivity index (χ2n) is 2.53. The van der Waals surface area contributed by atoms with Crippen LogP contribution in [0.3, 0.4) is 0 Å². The molecule has 1 rings (SSSR count). The third kappa shape index (κ3) is 1.96. The number of rotatable bonds is 3. The number of allylic oxidation sites excluding steroid dienone is 1. The first-order valence-electron chi connectivity index (χ1n) is 4.11. The molecule has 13 heavy (non-hydrogen) atoms. The fourth-order valence-corrected chi connectivity index (χ4v) is 1.16. The highest BCUT2D eigenvalue weighted by molar-refractivity contribution is 5.67. The minimum Gasteiger partial charge on any atom is -0.481 e. The van der Waals surface area contributed by atoms with Crippen LogP contribution >= 0.6 is 0 Å². The van der Waals surface area contributed by atoms with E-state index in [-0.39, 0.29) is 0 Å². The Bertz CT molecular complexity index is 329. The summed E-state index contributed by atoms with van der Waals surface area (Å²) in [5.41, 5.74) is 2.01. The zero-order valence-electron chi connectivity index (χ0n) is 7.95. The standard InChI is InChI=1S/C11H13NO/c1-4-6-9-7-8-12-11(13-3)10(9)5-2/h4-8H,2H2,1,3H3/b6-4-. The average molecular weight is 175 g/mol. The number of pyridine rings is 1. The van der Waals surface area contributed by atoms with E-state index in [0.29, 0.717) is 5.88 Å². The number of methoxy groups -OCH3 is 1. The Morgan fingerprint density at radius 2 is 2.31 bits per heavy atom. The van der Waals surface area contributed by atoms with Gasteiger partial charge in [0, 0.05) is 11.8 Å². The van der Waals surface area contributed by atoms with Gasteiger partial charge in [0.2, 0.25) is 5.88 Å². The van der Waals surface area contributed by atoms with Crippen LogP contribution in [0.4, 0.5) is 0 Å². The quantitative estimate of drug-likeness (QED) is 0.704. The maximum atomic E-state index is 5.11. The van der Waals surface area contributed by atoms with Crippen molar-refractivity contribution in [1.82, 2.24) is 4.98 Å². The second-order valence-corrected chi connectivity index (χ2v) is 2.53. The lowest BCUT2D eigenvalue weighted by atomic mass is 10.1. The normalized spacial score (nSPS) is 10.3. The zero-order chi connectivity index (χ0) is 9.68. The molecule has 2 heteroatoms. The Morgan fingerprint density at radius 1 is 1.54 bits per heavy atom. The molecule has 1 aromatic heterocycles. The van der Waals surface area contributed by atoms with E-state index in [2.05, 4.69) is 11.6 Å². The molecule has 0 aliphatic carbocycles. The highest BCUT2D eigenvalue weighted by atomic mass is 16.5. The molecular formula is C11H13NO. The lowest BCUT2D eigenvalue weighted by Crippen LogP contribution is -1.92. The molecule has 0 spiro atoms. The van der Waals surface area contributed by atoms with E-state index in [9.17, 15) is 0 Å². The zero-order valence-corrected chi connectivity index (χ0v) is 7.95. The van der Waals surface area contributed by atoms with Crippen molar-refractivity contribution in [3.05, 3.63) is 36.0 Å². The summed E-state index contributed by atoms with van der Waals surface area (Å²) in [6.45, 7) is 5.70. The molecule has 0 bridgehead atoms. The minimum absolute atomic E-state index is 0.616. The van der Waals surface area contributed by atoms with Gasteiger partial charge in [-0.25, -0.2) is 4.98 Å². The number of aromatic nitrogens is 1. The highest BCUT2D eigenvalue weighted by Crippen LogP contribution is 2.21. The van der Waals surface area contributed by atoms with Crippen molar-refractivity contribution in [1.29, 1.82) is 0 Å². The van der Waals surface area contributed by atoms with Crippen LogP contribution in [0.15, 0.2) is 24.9 Å². The summed E-state index contributed by atoms with van der Waals surface area (Å²) in [6.07, 6.45) is 7.45. The van der Waals surface area contributed by atoms with Gasteiger partial charge in [-0.15, -0.1) is 0 Å². The van der Waals surface area contributed by atoms with Crippen molar-refractivity contribution in [3.63, 3.8) is 0 Å². The van der Waals surface area contributed by atoms with E-state index in [4.69, 9.17) is 4.74 Å². The maximum Gasteiger partial charge on any atom is 0.221 e. The Balaban J connectivity index is 3.26. The van der Waals surface area contributed by atoms with E-state index in [0.717, 1.165) is 11.1 Å². The molecule has 0 aromatic carbocycles. The Kier molecular flexibility index (Phi) is 3.26. The van der Waals surface area contributed by atoms with Crippen LogP contribution in [0.1, 0.15) is 18.1 Å². The molecule has 0 radical (unpaired) electrons. The van der Waals surface area contributed by atoms with Gasteiger partial charge in [-0.2, -0.15) is 0 Å². The molecule has 68 valence electrons. The van der Waals surface area contributed by atoms with Crippen LogP contribution in [-0.2, 0) is 0 Å². The molecule has 1 aromatic rings. The Morgan fingerprint density at radius 3 is 2.85 bits per heavy atom. The second kappa shape index (κ2) is 4.45. The molecule has 0 saturated carbocycles. The first kappa shape index (κ1) is 9.52. The molecule has 0 aliphatic heterocycles. The van der Waals surface area contributed by atoms with E-state index < -0.39 is 0 Å². The molecule has 0 unspecified atom stereocenters. The van der Waals surface area contributed by atoms with Gasteiger partial charge in [0.25, 0.3) is 0 Å². The number of ether oxygens (including phenoxy) is 1. The van der Waals surface area contributed by atoms with Gasteiger partial charge in [0.15, 0.2) is 0 Å². The molecular weight excluding hydrogens is 162 g/mol. The molecule has 0 saturated heterocycles. The largest absolute Gasteiger partial charge is 0.481 e. The third-order valence-electron chi connectivity index (χ3n) is 1.73. The topological polar surface area (TPSA) is 22.1 Å². The van der Waals surface area contributed by atoms with Crippen molar-refractivity contribution in [2.24, 2.45) is 0 Å². The predicted molar refractivity (Wildman–Crippen MR) is 55.6 cm³/mol. The Hall–Kier alpha value is -1.57. The monoisotopic (exact) mass is 175 g/mol. The molecule has 0 atom stereocenters. The number of nitrogens with zero attached hydrogens (tertiary/aromatic N) is 1. The summed E-state index contributed by atoms with van der Waals surface area (Å²) in [7, 11) is 1.61. The number of hydrogen-bond donors (Lipinski definition) is 0. The van der Waals surface area contributed by atoms with Crippen LogP contribution in [-0.4, -0.2) is 12.1 Å². The fraction of sp³-hybridized carbons (Fsp3) is 0.182. The van der Waals surface area contributed by atoms with Crippen LogP contribution < -0.4 is 4.74 Å². The van der Waals surface area contributed by atoms with Crippen molar-refractivity contribution in [2.75, 3.05) is 7.11 Å². The summed E-state index contributed by atoms with van der Waals surface area (Å²) in [4.78, 5) is 4.08. The minimum atomic E-state index is 0.616. The van der Waals surface area contributed by atoms with E-state index in [1.54, 1.807) is 19.4 Å². The van der Waals surface area contributed by atoms with Gasteiger partial charge in [-0.3, -0.25) is 0 Å². The van der Waals surface area contributed by atoms with Crippen molar-refractivity contribution in [3.8, 4) is 5.88 Å². The van der Waals surface area contributed by atoms with Gasteiger partial charge < -0.3 is 4.74 Å². The van der Waals surface area contributed by atoms with Gasteiger partial charge in [-0.1, -0.05) is 24.8 Å². The SMILES string of the molecule is C=Cc1c(/C=C\C)ccnc1OC. The summed E-state index contributed by atoms with van der Waals surface area (Å²) in [5.74, 6) is 0.616. The van der Waals surface area contributed by atoms with E-state index in [1.807, 2.05) is 25.1 Å². The fourth-order valence-electron chi connectivity index (χ4n) is 1.16. The van der Waals surface area contributed by atoms with Crippen molar-refractivity contribution >= 4 is 12.2 Å². The Labute approximate surface area is 78.6 Å². The first-order chi connectivity index (χ1) is 6.33. The summed E-state index contributed by atoms with van der Waals surface area (Å²) in [5, 5.41) is 0. The molecule has 0 aliphatic rings. The molecule has 0 amide bonds. The van der Waals surface area contributed by atoms with Crippen molar-refractivity contribution < 1.29 is 4.74 Å². The van der Waals surface area contributed by atoms with Gasteiger partial charge in [-0.05, 0) is 18.6 Å². The smallest absolute Gasteiger partial charge is 0.221 e. The summed E-state index contributed by atoms with van der Waals surface area (Å²) < 4.78 is 5.11. The predicted octanol–water partition coefficient (Wildman–Crippen LogP) is 2.77. The highest BCUT2D eigenvalue weighted by Gasteiger charge is 2.03. The summed E-state index contributed by atoms with van der Waals surface area (Å²) in [6, 6.07) is 1.93. The van der Waals surface area contributed by atoms with Crippen LogP contribution in [0.25, 0.3) is 12.2 Å².